The van der Waals surface area contributed by atoms with Crippen molar-refractivity contribution in [2.45, 2.75) is 63.9 Å². The van der Waals surface area contributed by atoms with Gasteiger partial charge in [0, 0.05) is 23.4 Å². The first kappa shape index (κ1) is 31.5. The Morgan fingerprint density at radius 3 is 2.48 bits per heavy atom. The molecule has 44 heavy (non-hydrogen) atoms. The summed E-state index contributed by atoms with van der Waals surface area (Å²) in [6, 6.07) is 11.3. The van der Waals surface area contributed by atoms with Gasteiger partial charge in [-0.1, -0.05) is 24.3 Å². The third-order valence-corrected chi connectivity index (χ3v) is 8.85. The van der Waals surface area contributed by atoms with Gasteiger partial charge in [-0.15, -0.1) is 0 Å². The van der Waals surface area contributed by atoms with Crippen molar-refractivity contribution < 1.29 is 42.2 Å². The number of aliphatic hydroxyl groups is 1. The second kappa shape index (κ2) is 11.9. The molecular formula is C29H31FN3O10P. The van der Waals surface area contributed by atoms with Crippen molar-refractivity contribution in [3.05, 3.63) is 86.7 Å². The van der Waals surface area contributed by atoms with Crippen LogP contribution in [0.3, 0.4) is 0 Å². The van der Waals surface area contributed by atoms with Crippen LogP contribution in [0.25, 0.3) is 11.1 Å². The number of hydrogen-bond donors (Lipinski definition) is 3. The molecule has 1 aliphatic heterocycles. The molecule has 5 rings (SSSR count). The number of fused-ring (bicyclic) bond motifs is 3. The maximum Gasteiger partial charge on any atom is 0.459 e. The van der Waals surface area contributed by atoms with Gasteiger partial charge in [-0.3, -0.25) is 28.5 Å². The van der Waals surface area contributed by atoms with Crippen molar-refractivity contribution >= 4 is 19.5 Å². The zero-order valence-electron chi connectivity index (χ0n) is 24.2. The van der Waals surface area contributed by atoms with Crippen molar-refractivity contribution in [3.8, 4) is 16.9 Å². The SMILES string of the molecule is CC(C)OC(=O)[C@H](C)NP(=O)(OC[C@H]1O[C@@H](n2ccc(=O)[nH]c2=O)[C@](C)(F)[C@@H]1O)Oc1ccc2c(c1)C(=O)c1ccccc1-2. The molecule has 2 aliphatic rings. The number of esters is 1. The van der Waals surface area contributed by atoms with E-state index in [1.807, 2.05) is 4.98 Å². The predicted octanol–water partition coefficient (Wildman–Crippen LogP) is 2.87. The minimum Gasteiger partial charge on any atom is -0.462 e. The molecule has 15 heteroatoms. The summed E-state index contributed by atoms with van der Waals surface area (Å²) in [6.45, 7) is 4.91. The molecule has 2 aromatic carbocycles. The van der Waals surface area contributed by atoms with E-state index in [-0.39, 0.29) is 11.5 Å². The number of alkyl halides is 1. The fraction of sp³-hybridized carbons (Fsp3) is 0.379. The van der Waals surface area contributed by atoms with Crippen molar-refractivity contribution in [1.29, 1.82) is 0 Å². The molecule has 0 radical (unpaired) electrons. The number of carbonyl (C=O) groups is 2. The van der Waals surface area contributed by atoms with Crippen molar-refractivity contribution in [2.24, 2.45) is 0 Å². The van der Waals surface area contributed by atoms with E-state index in [9.17, 15) is 28.8 Å². The number of H-pyrrole nitrogens is 1. The number of aromatic amines is 1. The monoisotopic (exact) mass is 631 g/mol. The normalized spacial score (nSPS) is 24.4. The smallest absolute Gasteiger partial charge is 0.459 e. The topological polar surface area (TPSA) is 175 Å². The summed E-state index contributed by atoms with van der Waals surface area (Å²) in [5.74, 6) is -1.06. The number of rotatable bonds is 10. The number of aliphatic hydroxyl groups excluding tert-OH is 1. The van der Waals surface area contributed by atoms with Gasteiger partial charge in [0.25, 0.3) is 5.56 Å². The van der Waals surface area contributed by atoms with Gasteiger partial charge >= 0.3 is 19.4 Å². The Morgan fingerprint density at radius 2 is 1.80 bits per heavy atom. The van der Waals surface area contributed by atoms with Crippen LogP contribution >= 0.6 is 7.75 Å². The molecule has 3 N–H and O–H groups in total. The summed E-state index contributed by atoms with van der Waals surface area (Å²) in [6.07, 6.45) is -4.48. The molecule has 6 atom stereocenters. The lowest BCUT2D eigenvalue weighted by Gasteiger charge is -2.25. The summed E-state index contributed by atoms with van der Waals surface area (Å²) in [5, 5.41) is 13.2. The standard InChI is InChI=1S/C29H31FN3O10P/c1-15(2)41-26(37)16(3)32-44(39,43-17-9-10-19-18-7-5-6-8-20(18)24(35)21(19)13-17)40-14-22-25(36)29(4,30)27(42-22)33-12-11-23(34)31-28(33)38/h5-13,15-16,22,25,27,36H,14H2,1-4H3,(H,32,39)(H,31,34,38)/t16-,22+,25+,27+,29+,44?/m0/s1. The maximum atomic E-state index is 15.7. The highest BCUT2D eigenvalue weighted by Crippen LogP contribution is 2.49. The largest absolute Gasteiger partial charge is 0.462 e. The van der Waals surface area contributed by atoms with E-state index in [2.05, 4.69) is 5.09 Å². The number of ketones is 1. The van der Waals surface area contributed by atoms with E-state index in [4.69, 9.17) is 18.5 Å². The molecule has 1 aliphatic carbocycles. The molecule has 13 nitrogen and oxygen atoms in total. The first-order valence-corrected chi connectivity index (χ1v) is 15.3. The Labute approximate surface area is 250 Å². The fourth-order valence-electron chi connectivity index (χ4n) is 5.05. The van der Waals surface area contributed by atoms with Crippen LogP contribution in [0.4, 0.5) is 4.39 Å². The van der Waals surface area contributed by atoms with Crippen LogP contribution < -0.4 is 20.9 Å². The van der Waals surface area contributed by atoms with Crippen LogP contribution in [0, 0.1) is 0 Å². The number of carbonyl (C=O) groups excluding carboxylic acids is 2. The number of ether oxygens (including phenoxy) is 2. The van der Waals surface area contributed by atoms with Gasteiger partial charge < -0.3 is 19.1 Å². The number of nitrogens with zero attached hydrogens (tertiary/aromatic N) is 1. The average molecular weight is 632 g/mol. The Hall–Kier alpha value is -3.94. The van der Waals surface area contributed by atoms with Crippen LogP contribution in [0.1, 0.15) is 49.8 Å². The van der Waals surface area contributed by atoms with Gasteiger partial charge in [-0.2, -0.15) is 5.09 Å². The van der Waals surface area contributed by atoms with Gasteiger partial charge in [-0.05, 0) is 57.0 Å². The van der Waals surface area contributed by atoms with Gasteiger partial charge in [-0.25, -0.2) is 13.8 Å². The molecular weight excluding hydrogens is 600 g/mol. The summed E-state index contributed by atoms with van der Waals surface area (Å²) in [5.41, 5.74) is -2.03. The van der Waals surface area contributed by atoms with Crippen molar-refractivity contribution in [2.75, 3.05) is 6.61 Å². The quantitative estimate of drug-likeness (QED) is 0.173. The number of nitrogens with one attached hydrogen (secondary N) is 2. The lowest BCUT2D eigenvalue weighted by molar-refractivity contribution is -0.149. The molecule has 0 bridgehead atoms. The lowest BCUT2D eigenvalue weighted by atomic mass is 9.98. The highest BCUT2D eigenvalue weighted by atomic mass is 31.2. The van der Waals surface area contributed by atoms with Gasteiger partial charge in [0.1, 0.15) is 24.0 Å². The number of aromatic nitrogens is 2. The Kier molecular flexibility index (Phi) is 8.49. The van der Waals surface area contributed by atoms with Crippen LogP contribution in [-0.4, -0.2) is 63.0 Å². The minimum absolute atomic E-state index is 0.0361. The third-order valence-electron chi connectivity index (χ3n) is 7.21. The predicted molar refractivity (Wildman–Crippen MR) is 154 cm³/mol. The van der Waals surface area contributed by atoms with E-state index < -0.39 is 67.8 Å². The van der Waals surface area contributed by atoms with Crippen LogP contribution in [0.15, 0.2) is 64.3 Å². The number of benzene rings is 2. The zero-order valence-corrected chi connectivity index (χ0v) is 25.1. The molecule has 1 saturated heterocycles. The summed E-state index contributed by atoms with van der Waals surface area (Å²) in [4.78, 5) is 51.3. The summed E-state index contributed by atoms with van der Waals surface area (Å²) < 4.78 is 52.6. The average Bonchev–Trinajstić information content (AvgIpc) is 3.36. The Morgan fingerprint density at radius 1 is 1.11 bits per heavy atom. The van der Waals surface area contributed by atoms with E-state index in [1.54, 1.807) is 44.2 Å². The highest BCUT2D eigenvalue weighted by molar-refractivity contribution is 7.52. The fourth-order valence-corrected chi connectivity index (χ4v) is 6.55. The summed E-state index contributed by atoms with van der Waals surface area (Å²) in [7, 11) is -4.53. The van der Waals surface area contributed by atoms with E-state index in [1.165, 1.54) is 19.1 Å². The van der Waals surface area contributed by atoms with E-state index in [0.717, 1.165) is 29.3 Å². The molecule has 0 spiro atoms. The number of hydrogen-bond acceptors (Lipinski definition) is 10. The van der Waals surface area contributed by atoms with Crippen molar-refractivity contribution in [3.63, 3.8) is 0 Å². The first-order valence-electron chi connectivity index (χ1n) is 13.7. The Balaban J connectivity index is 1.40. The van der Waals surface area contributed by atoms with Gasteiger partial charge in [0.05, 0.1) is 12.7 Å². The lowest BCUT2D eigenvalue weighted by Crippen LogP contribution is -2.43. The van der Waals surface area contributed by atoms with Crippen LogP contribution in [0.2, 0.25) is 0 Å². The zero-order chi connectivity index (χ0) is 32.0. The van der Waals surface area contributed by atoms with Gasteiger partial charge in [0.2, 0.25) is 0 Å². The molecule has 0 saturated carbocycles. The summed E-state index contributed by atoms with van der Waals surface area (Å²) >= 11 is 0. The first-order chi connectivity index (χ1) is 20.7. The second-order valence-electron chi connectivity index (χ2n) is 10.9. The molecule has 234 valence electrons. The van der Waals surface area contributed by atoms with Crippen molar-refractivity contribution in [1.82, 2.24) is 14.6 Å². The van der Waals surface area contributed by atoms with Crippen LogP contribution in [0.5, 0.6) is 5.75 Å². The second-order valence-corrected chi connectivity index (χ2v) is 12.6. The molecule has 1 aromatic heterocycles. The minimum atomic E-state index is -4.53. The highest BCUT2D eigenvalue weighted by Gasteiger charge is 2.56. The maximum absolute atomic E-state index is 15.7. The number of halogens is 1. The third kappa shape index (κ3) is 6.04. The Bertz CT molecular complexity index is 1770. The molecule has 1 fully saturated rings. The van der Waals surface area contributed by atoms with Gasteiger partial charge in [0.15, 0.2) is 17.7 Å². The molecule has 0 amide bonds. The molecule has 1 unspecified atom stereocenters. The molecule has 2 heterocycles. The van der Waals surface area contributed by atoms with E-state index in [0.29, 0.717) is 16.7 Å². The van der Waals surface area contributed by atoms with Crippen LogP contribution in [-0.2, 0) is 23.4 Å². The van der Waals surface area contributed by atoms with E-state index >= 15 is 4.39 Å². The molecule has 3 aromatic rings.